The first-order valence-electron chi connectivity index (χ1n) is 5.95. The van der Waals surface area contributed by atoms with Crippen molar-refractivity contribution in [1.29, 1.82) is 0 Å². The number of nitrogens with zero attached hydrogens (tertiary/aromatic N) is 1. The summed E-state index contributed by atoms with van der Waals surface area (Å²) in [7, 11) is 1.67. The summed E-state index contributed by atoms with van der Waals surface area (Å²) in [6.45, 7) is 0. The summed E-state index contributed by atoms with van der Waals surface area (Å²) in [6, 6.07) is 14.2. The maximum atomic E-state index is 11.9. The van der Waals surface area contributed by atoms with Gasteiger partial charge in [-0.3, -0.25) is 9.69 Å². The number of carbonyl (C=O) groups is 1. The summed E-state index contributed by atoms with van der Waals surface area (Å²) in [5, 5.41) is 5.70. The number of benzene rings is 2. The highest BCUT2D eigenvalue weighted by atomic mass is 32.1. The van der Waals surface area contributed by atoms with Crippen LogP contribution in [0.25, 0.3) is 16.8 Å². The number of amides is 1. The van der Waals surface area contributed by atoms with Crippen LogP contribution in [0.5, 0.6) is 0 Å². The molecule has 1 N–H and O–H groups in total. The SMILES string of the molecule is CN1C(=O)C(=Cc2ccc3ccccc3c2)NC1=S. The van der Waals surface area contributed by atoms with Gasteiger partial charge in [0.25, 0.3) is 5.91 Å². The fraction of sp³-hybridized carbons (Fsp3) is 0.0667. The van der Waals surface area contributed by atoms with Crippen molar-refractivity contribution in [3.63, 3.8) is 0 Å². The largest absolute Gasteiger partial charge is 0.328 e. The van der Waals surface area contributed by atoms with Crippen LogP contribution in [-0.4, -0.2) is 23.0 Å². The molecule has 0 unspecified atom stereocenters. The Balaban J connectivity index is 2.02. The van der Waals surface area contributed by atoms with Crippen LogP contribution in [0, 0.1) is 0 Å². The quantitative estimate of drug-likeness (QED) is 0.637. The number of hydrogen-bond acceptors (Lipinski definition) is 2. The molecule has 1 aliphatic rings. The third-order valence-corrected chi connectivity index (χ3v) is 3.54. The van der Waals surface area contributed by atoms with Crippen LogP contribution in [0.3, 0.4) is 0 Å². The van der Waals surface area contributed by atoms with Gasteiger partial charge in [0.05, 0.1) is 0 Å². The number of carbonyl (C=O) groups excluding carboxylic acids is 1. The summed E-state index contributed by atoms with van der Waals surface area (Å²) >= 11 is 5.04. The Morgan fingerprint density at radius 3 is 2.58 bits per heavy atom. The van der Waals surface area contributed by atoms with Gasteiger partial charge in [-0.05, 0) is 40.7 Å². The van der Waals surface area contributed by atoms with Crippen molar-refractivity contribution < 1.29 is 4.79 Å². The van der Waals surface area contributed by atoms with E-state index in [9.17, 15) is 4.79 Å². The van der Waals surface area contributed by atoms with E-state index in [4.69, 9.17) is 12.2 Å². The predicted molar refractivity (Wildman–Crippen MR) is 80.4 cm³/mol. The fourth-order valence-electron chi connectivity index (χ4n) is 2.09. The van der Waals surface area contributed by atoms with Gasteiger partial charge in [-0.25, -0.2) is 0 Å². The molecule has 3 rings (SSSR count). The molecule has 2 aromatic rings. The van der Waals surface area contributed by atoms with Crippen molar-refractivity contribution in [3.8, 4) is 0 Å². The van der Waals surface area contributed by atoms with Gasteiger partial charge in [0.1, 0.15) is 5.70 Å². The molecule has 19 heavy (non-hydrogen) atoms. The number of fused-ring (bicyclic) bond motifs is 1. The van der Waals surface area contributed by atoms with Crippen molar-refractivity contribution >= 4 is 40.1 Å². The van der Waals surface area contributed by atoms with Crippen molar-refractivity contribution in [1.82, 2.24) is 10.2 Å². The van der Waals surface area contributed by atoms with Crippen molar-refractivity contribution in [2.45, 2.75) is 0 Å². The van der Waals surface area contributed by atoms with Crippen LogP contribution >= 0.6 is 12.2 Å². The number of thiocarbonyl (C=S) groups is 1. The highest BCUT2D eigenvalue weighted by Crippen LogP contribution is 2.18. The number of rotatable bonds is 1. The first kappa shape index (κ1) is 11.9. The lowest BCUT2D eigenvalue weighted by atomic mass is 10.1. The van der Waals surface area contributed by atoms with Crippen LogP contribution in [0.4, 0.5) is 0 Å². The molecule has 0 atom stereocenters. The summed E-state index contributed by atoms with van der Waals surface area (Å²) < 4.78 is 0. The topological polar surface area (TPSA) is 32.3 Å². The zero-order chi connectivity index (χ0) is 13.4. The second-order valence-corrected chi connectivity index (χ2v) is 4.85. The van der Waals surface area contributed by atoms with Crippen molar-refractivity contribution in [2.75, 3.05) is 7.05 Å². The monoisotopic (exact) mass is 268 g/mol. The highest BCUT2D eigenvalue weighted by molar-refractivity contribution is 7.80. The number of likely N-dealkylation sites (N-methyl/N-ethyl adjacent to an activating group) is 1. The van der Waals surface area contributed by atoms with Crippen LogP contribution in [-0.2, 0) is 4.79 Å². The molecule has 1 amide bonds. The van der Waals surface area contributed by atoms with E-state index in [2.05, 4.69) is 23.5 Å². The molecule has 4 heteroatoms. The van der Waals surface area contributed by atoms with E-state index in [0.717, 1.165) is 10.9 Å². The van der Waals surface area contributed by atoms with Crippen LogP contribution in [0.15, 0.2) is 48.2 Å². The van der Waals surface area contributed by atoms with E-state index in [-0.39, 0.29) is 5.91 Å². The van der Waals surface area contributed by atoms with E-state index in [1.807, 2.05) is 30.3 Å². The minimum Gasteiger partial charge on any atom is -0.328 e. The summed E-state index contributed by atoms with van der Waals surface area (Å²) in [4.78, 5) is 13.3. The van der Waals surface area contributed by atoms with E-state index in [1.54, 1.807) is 7.05 Å². The summed E-state index contributed by atoms with van der Waals surface area (Å²) in [5.74, 6) is -0.0989. The molecule has 0 radical (unpaired) electrons. The highest BCUT2D eigenvalue weighted by Gasteiger charge is 2.26. The molecule has 1 heterocycles. The van der Waals surface area contributed by atoms with Gasteiger partial charge in [-0.15, -0.1) is 0 Å². The Labute approximate surface area is 116 Å². The summed E-state index contributed by atoms with van der Waals surface area (Å²) in [5.41, 5.74) is 1.50. The molecule has 0 aromatic heterocycles. The van der Waals surface area contributed by atoms with Gasteiger partial charge in [0.15, 0.2) is 5.11 Å². The molecule has 1 fully saturated rings. The molecule has 3 nitrogen and oxygen atoms in total. The molecule has 1 aliphatic heterocycles. The van der Waals surface area contributed by atoms with Crippen molar-refractivity contribution in [2.24, 2.45) is 0 Å². The molecular formula is C15H12N2OS. The average molecular weight is 268 g/mol. The van der Waals surface area contributed by atoms with E-state index in [0.29, 0.717) is 10.8 Å². The van der Waals surface area contributed by atoms with Crippen molar-refractivity contribution in [3.05, 3.63) is 53.7 Å². The molecule has 0 saturated carbocycles. The standard InChI is InChI=1S/C15H12N2OS/c1-17-14(18)13(16-15(17)19)9-10-6-7-11-4-2-3-5-12(11)8-10/h2-9H,1H3,(H,16,19). The molecule has 1 saturated heterocycles. The summed E-state index contributed by atoms with van der Waals surface area (Å²) in [6.07, 6.45) is 1.82. The number of hydrogen-bond donors (Lipinski definition) is 1. The Morgan fingerprint density at radius 2 is 1.89 bits per heavy atom. The minimum absolute atomic E-state index is 0.0989. The average Bonchev–Trinajstić information content (AvgIpc) is 2.66. The first-order valence-corrected chi connectivity index (χ1v) is 6.35. The first-order chi connectivity index (χ1) is 9.15. The second kappa shape index (κ2) is 4.48. The lowest BCUT2D eigenvalue weighted by Crippen LogP contribution is -2.25. The van der Waals surface area contributed by atoms with Gasteiger partial charge in [-0.1, -0.05) is 36.4 Å². The van der Waals surface area contributed by atoms with E-state index in [1.165, 1.54) is 10.3 Å². The molecule has 94 valence electrons. The zero-order valence-electron chi connectivity index (χ0n) is 10.4. The van der Waals surface area contributed by atoms with Gasteiger partial charge in [0.2, 0.25) is 0 Å². The predicted octanol–water partition coefficient (Wildman–Crippen LogP) is 2.53. The van der Waals surface area contributed by atoms with Gasteiger partial charge in [0, 0.05) is 7.05 Å². The maximum absolute atomic E-state index is 11.9. The van der Waals surface area contributed by atoms with Gasteiger partial charge >= 0.3 is 0 Å². The Morgan fingerprint density at radius 1 is 1.16 bits per heavy atom. The van der Waals surface area contributed by atoms with Gasteiger partial charge < -0.3 is 5.32 Å². The second-order valence-electron chi connectivity index (χ2n) is 4.46. The number of nitrogens with one attached hydrogen (secondary N) is 1. The molecule has 0 bridgehead atoms. The third kappa shape index (κ3) is 2.11. The normalized spacial score (nSPS) is 17.3. The molecule has 0 aliphatic carbocycles. The van der Waals surface area contributed by atoms with Crippen LogP contribution in [0.2, 0.25) is 0 Å². The minimum atomic E-state index is -0.0989. The van der Waals surface area contributed by atoms with E-state index >= 15 is 0 Å². The Kier molecular flexibility index (Phi) is 2.80. The van der Waals surface area contributed by atoms with Crippen LogP contribution in [0.1, 0.15) is 5.56 Å². The van der Waals surface area contributed by atoms with Gasteiger partial charge in [-0.2, -0.15) is 0 Å². The molecule has 2 aromatic carbocycles. The third-order valence-electron chi connectivity index (χ3n) is 3.17. The lowest BCUT2D eigenvalue weighted by Gasteiger charge is -2.02. The lowest BCUT2D eigenvalue weighted by molar-refractivity contribution is -0.121. The zero-order valence-corrected chi connectivity index (χ0v) is 11.2. The van der Waals surface area contributed by atoms with Crippen LogP contribution < -0.4 is 5.32 Å². The smallest absolute Gasteiger partial charge is 0.276 e. The fourth-order valence-corrected chi connectivity index (χ4v) is 2.28. The maximum Gasteiger partial charge on any atom is 0.276 e. The molecular weight excluding hydrogens is 256 g/mol. The van der Waals surface area contributed by atoms with E-state index < -0.39 is 0 Å². The molecule has 0 spiro atoms. The Hall–Kier alpha value is -2.20. The Bertz CT molecular complexity index is 721.